The van der Waals surface area contributed by atoms with Crippen LogP contribution in [0.25, 0.3) is 0 Å². The topological polar surface area (TPSA) is 43.7 Å². The van der Waals surface area contributed by atoms with Crippen molar-refractivity contribution in [2.75, 3.05) is 0 Å². The summed E-state index contributed by atoms with van der Waals surface area (Å²) >= 11 is 0. The Bertz CT molecular complexity index is 645. The molecule has 3 rings (SSSR count). The van der Waals surface area contributed by atoms with E-state index >= 15 is 0 Å². The second-order valence-electron chi connectivity index (χ2n) is 5.92. The summed E-state index contributed by atoms with van der Waals surface area (Å²) in [5.74, 6) is 0.338. The Morgan fingerprint density at radius 1 is 1.09 bits per heavy atom. The van der Waals surface area contributed by atoms with Crippen LogP contribution in [0.15, 0.2) is 42.5 Å². The number of halogens is 1. The SMILES string of the molecule is Br.C[C@H]1Cc2cc(O)cc(O)c2[C@H](C)N1Cc1ccccc1. The van der Waals surface area contributed by atoms with E-state index in [1.165, 1.54) is 11.6 Å². The number of hydrogen-bond acceptors (Lipinski definition) is 3. The van der Waals surface area contributed by atoms with E-state index in [1.54, 1.807) is 6.07 Å². The van der Waals surface area contributed by atoms with Crippen LogP contribution in [0.2, 0.25) is 0 Å². The van der Waals surface area contributed by atoms with Crippen molar-refractivity contribution in [1.82, 2.24) is 4.90 Å². The molecule has 2 aromatic carbocycles. The first-order chi connectivity index (χ1) is 10.1. The summed E-state index contributed by atoms with van der Waals surface area (Å²) in [7, 11) is 0. The zero-order chi connectivity index (χ0) is 15.0. The highest BCUT2D eigenvalue weighted by Crippen LogP contribution is 2.40. The second-order valence-corrected chi connectivity index (χ2v) is 5.92. The largest absolute Gasteiger partial charge is 0.508 e. The molecule has 4 heteroatoms. The van der Waals surface area contributed by atoms with E-state index in [9.17, 15) is 10.2 Å². The Morgan fingerprint density at radius 3 is 2.45 bits per heavy atom. The molecule has 0 amide bonds. The van der Waals surface area contributed by atoms with Gasteiger partial charge in [-0.25, -0.2) is 0 Å². The van der Waals surface area contributed by atoms with Crippen LogP contribution in [0.3, 0.4) is 0 Å². The first kappa shape index (κ1) is 16.8. The standard InChI is InChI=1S/C18H21NO2.BrH/c1-12-8-15-9-16(20)10-17(21)18(15)13(2)19(12)11-14-6-4-3-5-7-14;/h3-7,9-10,12-13,20-21H,8,11H2,1-2H3;1H/t12-,13-;/m0./s1. The third kappa shape index (κ3) is 3.13. The molecule has 2 atom stereocenters. The zero-order valence-electron chi connectivity index (χ0n) is 12.9. The van der Waals surface area contributed by atoms with Crippen molar-refractivity contribution in [3.63, 3.8) is 0 Å². The van der Waals surface area contributed by atoms with Gasteiger partial charge in [0.05, 0.1) is 0 Å². The van der Waals surface area contributed by atoms with Crippen molar-refractivity contribution in [2.24, 2.45) is 0 Å². The minimum atomic E-state index is 0. The molecular weight excluding hydrogens is 342 g/mol. The third-order valence-electron chi connectivity index (χ3n) is 4.43. The minimum absolute atomic E-state index is 0. The summed E-state index contributed by atoms with van der Waals surface area (Å²) < 4.78 is 0. The van der Waals surface area contributed by atoms with E-state index in [2.05, 4.69) is 43.0 Å². The van der Waals surface area contributed by atoms with Crippen molar-refractivity contribution in [3.05, 3.63) is 59.2 Å². The second kappa shape index (κ2) is 6.71. The Morgan fingerprint density at radius 2 is 1.77 bits per heavy atom. The van der Waals surface area contributed by atoms with E-state index < -0.39 is 0 Å². The number of nitrogens with zero attached hydrogens (tertiary/aromatic N) is 1. The molecule has 0 saturated carbocycles. The van der Waals surface area contributed by atoms with Crippen LogP contribution in [-0.4, -0.2) is 21.2 Å². The number of aromatic hydroxyl groups is 2. The van der Waals surface area contributed by atoms with Gasteiger partial charge in [-0.05, 0) is 37.5 Å². The fourth-order valence-electron chi connectivity index (χ4n) is 3.40. The fourth-order valence-corrected chi connectivity index (χ4v) is 3.40. The maximum absolute atomic E-state index is 10.2. The van der Waals surface area contributed by atoms with Gasteiger partial charge in [-0.2, -0.15) is 0 Å². The average Bonchev–Trinajstić information content (AvgIpc) is 2.43. The quantitative estimate of drug-likeness (QED) is 0.840. The van der Waals surface area contributed by atoms with E-state index in [1.807, 2.05) is 6.07 Å². The summed E-state index contributed by atoms with van der Waals surface area (Å²) in [4.78, 5) is 2.40. The van der Waals surface area contributed by atoms with Crippen LogP contribution >= 0.6 is 17.0 Å². The fraction of sp³-hybridized carbons (Fsp3) is 0.333. The molecule has 0 spiro atoms. The van der Waals surface area contributed by atoms with Crippen molar-refractivity contribution in [2.45, 2.75) is 38.9 Å². The number of hydrogen-bond donors (Lipinski definition) is 2. The van der Waals surface area contributed by atoms with Gasteiger partial charge in [0.2, 0.25) is 0 Å². The van der Waals surface area contributed by atoms with Crippen LogP contribution in [0, 0.1) is 0 Å². The van der Waals surface area contributed by atoms with E-state index in [4.69, 9.17) is 0 Å². The van der Waals surface area contributed by atoms with Crippen molar-refractivity contribution in [1.29, 1.82) is 0 Å². The van der Waals surface area contributed by atoms with Crippen LogP contribution in [0.1, 0.15) is 36.6 Å². The Balaban J connectivity index is 0.00000176. The molecular formula is C18H22BrNO2. The lowest BCUT2D eigenvalue weighted by Crippen LogP contribution is -2.40. The number of rotatable bonds is 2. The molecule has 0 fully saturated rings. The Hall–Kier alpha value is -1.52. The molecule has 0 aromatic heterocycles. The van der Waals surface area contributed by atoms with Gasteiger partial charge in [0.15, 0.2) is 0 Å². The van der Waals surface area contributed by atoms with Gasteiger partial charge >= 0.3 is 0 Å². The van der Waals surface area contributed by atoms with Crippen molar-refractivity contribution < 1.29 is 10.2 Å². The van der Waals surface area contributed by atoms with Gasteiger partial charge in [0, 0.05) is 30.3 Å². The van der Waals surface area contributed by atoms with Gasteiger partial charge in [-0.3, -0.25) is 4.90 Å². The molecule has 22 heavy (non-hydrogen) atoms. The number of phenolic OH excluding ortho intramolecular Hbond substituents is 2. The number of fused-ring (bicyclic) bond motifs is 1. The first-order valence-corrected chi connectivity index (χ1v) is 7.40. The lowest BCUT2D eigenvalue weighted by Gasteiger charge is -2.40. The highest BCUT2D eigenvalue weighted by molar-refractivity contribution is 8.93. The molecule has 3 nitrogen and oxygen atoms in total. The molecule has 0 unspecified atom stereocenters. The molecule has 2 aromatic rings. The highest BCUT2D eigenvalue weighted by atomic mass is 79.9. The average molecular weight is 364 g/mol. The van der Waals surface area contributed by atoms with Gasteiger partial charge in [-0.1, -0.05) is 30.3 Å². The molecule has 0 aliphatic carbocycles. The molecule has 0 saturated heterocycles. The summed E-state index contributed by atoms with van der Waals surface area (Å²) in [6, 6.07) is 14.1. The molecule has 1 aliphatic rings. The third-order valence-corrected chi connectivity index (χ3v) is 4.43. The minimum Gasteiger partial charge on any atom is -0.508 e. The lowest BCUT2D eigenvalue weighted by atomic mass is 9.88. The van der Waals surface area contributed by atoms with Crippen LogP contribution < -0.4 is 0 Å². The lowest BCUT2D eigenvalue weighted by molar-refractivity contribution is 0.126. The van der Waals surface area contributed by atoms with E-state index in [-0.39, 0.29) is 34.5 Å². The van der Waals surface area contributed by atoms with Gasteiger partial charge in [0.1, 0.15) is 11.5 Å². The summed E-state index contributed by atoms with van der Waals surface area (Å²) in [5, 5.41) is 19.9. The molecule has 1 heterocycles. The van der Waals surface area contributed by atoms with Gasteiger partial charge in [-0.15, -0.1) is 17.0 Å². The zero-order valence-corrected chi connectivity index (χ0v) is 14.6. The van der Waals surface area contributed by atoms with E-state index in [0.717, 1.165) is 24.1 Å². The maximum atomic E-state index is 10.2. The molecule has 2 N–H and O–H groups in total. The highest BCUT2D eigenvalue weighted by Gasteiger charge is 2.31. The molecule has 1 aliphatic heterocycles. The smallest absolute Gasteiger partial charge is 0.124 e. The first-order valence-electron chi connectivity index (χ1n) is 7.40. The van der Waals surface area contributed by atoms with Crippen LogP contribution in [0.5, 0.6) is 11.5 Å². The van der Waals surface area contributed by atoms with Gasteiger partial charge in [0.25, 0.3) is 0 Å². The molecule has 0 bridgehead atoms. The van der Waals surface area contributed by atoms with Crippen molar-refractivity contribution in [3.8, 4) is 11.5 Å². The Kier molecular flexibility index (Phi) is 5.14. The van der Waals surface area contributed by atoms with Crippen LogP contribution in [0.4, 0.5) is 0 Å². The molecule has 118 valence electrons. The van der Waals surface area contributed by atoms with E-state index in [0.29, 0.717) is 6.04 Å². The summed E-state index contributed by atoms with van der Waals surface area (Å²) in [6.45, 7) is 5.18. The Labute approximate surface area is 142 Å². The van der Waals surface area contributed by atoms with Crippen molar-refractivity contribution >= 4 is 17.0 Å². The normalized spacial score (nSPS) is 21.0. The monoisotopic (exact) mass is 363 g/mol. The molecule has 0 radical (unpaired) electrons. The van der Waals surface area contributed by atoms with Gasteiger partial charge < -0.3 is 10.2 Å². The predicted octanol–water partition coefficient (Wildman–Crippen LogP) is 4.18. The van der Waals surface area contributed by atoms with Crippen LogP contribution in [-0.2, 0) is 13.0 Å². The summed E-state index contributed by atoms with van der Waals surface area (Å²) in [5.41, 5.74) is 3.27. The number of benzene rings is 2. The maximum Gasteiger partial charge on any atom is 0.124 e. The summed E-state index contributed by atoms with van der Waals surface area (Å²) in [6.07, 6.45) is 0.842. The number of phenols is 2. The predicted molar refractivity (Wildman–Crippen MR) is 93.7 cm³/mol.